The fourth-order valence-corrected chi connectivity index (χ4v) is 4.88. The maximum absolute atomic E-state index is 13.7. The van der Waals surface area contributed by atoms with Crippen LogP contribution in [-0.4, -0.2) is 42.7 Å². The Labute approximate surface area is 243 Å². The largest absolute Gasteiger partial charge is 0.497 e. The Bertz CT molecular complexity index is 1430. The summed E-state index contributed by atoms with van der Waals surface area (Å²) in [5.41, 5.74) is 2.04. The van der Waals surface area contributed by atoms with Crippen molar-refractivity contribution in [2.45, 2.75) is 6.61 Å². The molecule has 38 heavy (non-hydrogen) atoms. The number of benzene rings is 3. The minimum absolute atomic E-state index is 0.141. The van der Waals surface area contributed by atoms with Gasteiger partial charge in [0.25, 0.3) is 5.91 Å². The smallest absolute Gasteiger partial charge is 0.325 e. The van der Waals surface area contributed by atoms with E-state index in [-0.39, 0.29) is 24.0 Å². The molecule has 0 atom stereocenters. The van der Waals surface area contributed by atoms with Gasteiger partial charge in [0.15, 0.2) is 5.11 Å². The van der Waals surface area contributed by atoms with Crippen molar-refractivity contribution < 1.29 is 23.8 Å². The second-order valence-corrected chi connectivity index (χ2v) is 10.1. The third-order valence-electron chi connectivity index (χ3n) is 5.64. The summed E-state index contributed by atoms with van der Waals surface area (Å²) < 4.78 is 16.9. The molecule has 196 valence electrons. The third kappa shape index (κ3) is 6.13. The van der Waals surface area contributed by atoms with E-state index in [1.807, 2.05) is 6.07 Å². The predicted octanol–water partition coefficient (Wildman–Crippen LogP) is 6.49. The monoisotopic (exact) mass is 634 g/mol. The lowest BCUT2D eigenvalue weighted by atomic mass is 10.1. The molecule has 1 fully saturated rings. The number of methoxy groups -OCH3 is 2. The van der Waals surface area contributed by atoms with Gasteiger partial charge in [0.05, 0.1) is 19.9 Å². The number of halogens is 3. The van der Waals surface area contributed by atoms with Gasteiger partial charge in [0.2, 0.25) is 0 Å². The number of rotatable bonds is 8. The van der Waals surface area contributed by atoms with E-state index in [1.165, 1.54) is 16.9 Å². The first-order valence-corrected chi connectivity index (χ1v) is 13.1. The van der Waals surface area contributed by atoms with Crippen LogP contribution in [0.3, 0.4) is 0 Å². The van der Waals surface area contributed by atoms with Crippen LogP contribution in [0.4, 0.5) is 5.69 Å². The van der Waals surface area contributed by atoms with E-state index in [2.05, 4.69) is 15.9 Å². The van der Waals surface area contributed by atoms with Crippen molar-refractivity contribution in [2.24, 2.45) is 0 Å². The van der Waals surface area contributed by atoms with Crippen LogP contribution >= 0.6 is 51.3 Å². The standard InChI is InChI=1S/C27H21BrCl2N2O5S/c1-35-21-8-6-20(7-9-21)32-26(34)23(31(27(32)38)14-25(33)36-2)12-17-11-18(28)4-10-24(17)37-15-16-3-5-19(29)13-22(16)30/h3-13H,14-15H2,1-2H3/b23-12-. The average molecular weight is 636 g/mol. The SMILES string of the molecule is COC(=O)CN1C(=S)N(c2ccc(OC)cc2)C(=O)/C1=C/c1cc(Br)ccc1OCc1ccc(Cl)cc1Cl. The Morgan fingerprint density at radius 2 is 1.79 bits per heavy atom. The Kier molecular flexibility index (Phi) is 8.94. The molecule has 4 rings (SSSR count). The number of hydrogen-bond acceptors (Lipinski definition) is 6. The van der Waals surface area contributed by atoms with Crippen molar-refractivity contribution >= 4 is 80.1 Å². The molecule has 0 radical (unpaired) electrons. The molecule has 3 aromatic rings. The Morgan fingerprint density at radius 3 is 2.45 bits per heavy atom. The molecule has 1 amide bonds. The maximum atomic E-state index is 13.7. The lowest BCUT2D eigenvalue weighted by Gasteiger charge is -2.19. The van der Waals surface area contributed by atoms with Gasteiger partial charge in [0, 0.05) is 25.6 Å². The van der Waals surface area contributed by atoms with E-state index in [0.29, 0.717) is 32.8 Å². The lowest BCUT2D eigenvalue weighted by molar-refractivity contribution is -0.140. The summed E-state index contributed by atoms with van der Waals surface area (Å²) in [6, 6.07) is 17.4. The van der Waals surface area contributed by atoms with Crippen molar-refractivity contribution in [3.63, 3.8) is 0 Å². The number of amides is 1. The minimum Gasteiger partial charge on any atom is -0.497 e. The molecule has 0 saturated carbocycles. The molecule has 11 heteroatoms. The van der Waals surface area contributed by atoms with Crippen molar-refractivity contribution in [3.8, 4) is 11.5 Å². The zero-order valence-corrected chi connectivity index (χ0v) is 24.2. The van der Waals surface area contributed by atoms with Crippen molar-refractivity contribution in [1.29, 1.82) is 0 Å². The van der Waals surface area contributed by atoms with Gasteiger partial charge in [-0.05, 0) is 72.9 Å². The summed E-state index contributed by atoms with van der Waals surface area (Å²) >= 11 is 21.4. The summed E-state index contributed by atoms with van der Waals surface area (Å²) in [6.07, 6.45) is 1.63. The van der Waals surface area contributed by atoms with Gasteiger partial charge in [-0.1, -0.05) is 45.2 Å². The molecule has 1 heterocycles. The Balaban J connectivity index is 1.72. The van der Waals surface area contributed by atoms with Gasteiger partial charge in [0.1, 0.15) is 30.3 Å². The molecule has 0 spiro atoms. The van der Waals surface area contributed by atoms with E-state index < -0.39 is 11.9 Å². The van der Waals surface area contributed by atoms with Gasteiger partial charge in [-0.2, -0.15) is 0 Å². The molecule has 0 aliphatic carbocycles. The zero-order chi connectivity index (χ0) is 27.4. The quantitative estimate of drug-likeness (QED) is 0.159. The second-order valence-electron chi connectivity index (χ2n) is 8.02. The van der Waals surface area contributed by atoms with Crippen molar-refractivity contribution in [1.82, 2.24) is 4.90 Å². The highest BCUT2D eigenvalue weighted by Gasteiger charge is 2.40. The number of esters is 1. The van der Waals surface area contributed by atoms with E-state index in [0.717, 1.165) is 10.0 Å². The first kappa shape index (κ1) is 27.9. The fourth-order valence-electron chi connectivity index (χ4n) is 3.69. The minimum atomic E-state index is -0.550. The number of nitrogens with zero attached hydrogens (tertiary/aromatic N) is 2. The van der Waals surface area contributed by atoms with Gasteiger partial charge in [-0.3, -0.25) is 14.5 Å². The number of hydrogen-bond donors (Lipinski definition) is 0. The summed E-state index contributed by atoms with van der Waals surface area (Å²) in [5, 5.41) is 1.14. The van der Waals surface area contributed by atoms with E-state index in [4.69, 9.17) is 49.6 Å². The molecule has 0 N–H and O–H groups in total. The Hall–Kier alpha value is -3.11. The maximum Gasteiger partial charge on any atom is 0.325 e. The molecule has 0 bridgehead atoms. The lowest BCUT2D eigenvalue weighted by Crippen LogP contribution is -2.35. The highest BCUT2D eigenvalue weighted by Crippen LogP contribution is 2.33. The van der Waals surface area contributed by atoms with Crippen LogP contribution in [-0.2, 0) is 20.9 Å². The van der Waals surface area contributed by atoms with E-state index in [9.17, 15) is 9.59 Å². The topological polar surface area (TPSA) is 68.3 Å². The normalized spacial score (nSPS) is 14.3. The van der Waals surface area contributed by atoms with Gasteiger partial charge >= 0.3 is 5.97 Å². The molecule has 3 aromatic carbocycles. The molecular weight excluding hydrogens is 615 g/mol. The highest BCUT2D eigenvalue weighted by molar-refractivity contribution is 9.10. The van der Waals surface area contributed by atoms with Crippen LogP contribution < -0.4 is 14.4 Å². The molecule has 0 aromatic heterocycles. The van der Waals surface area contributed by atoms with Crippen LogP contribution in [0.5, 0.6) is 11.5 Å². The fraction of sp³-hybridized carbons (Fsp3) is 0.148. The number of thiocarbonyl (C=S) groups is 1. The number of carbonyl (C=O) groups is 2. The highest BCUT2D eigenvalue weighted by atomic mass is 79.9. The van der Waals surface area contributed by atoms with Crippen LogP contribution in [0, 0.1) is 0 Å². The van der Waals surface area contributed by atoms with Gasteiger partial charge in [-0.25, -0.2) is 0 Å². The molecule has 1 aliphatic rings. The summed E-state index contributed by atoms with van der Waals surface area (Å²) in [7, 11) is 2.83. The Morgan fingerprint density at radius 1 is 1.05 bits per heavy atom. The average Bonchev–Trinajstić information content (AvgIpc) is 3.12. The predicted molar refractivity (Wildman–Crippen MR) is 155 cm³/mol. The van der Waals surface area contributed by atoms with Crippen molar-refractivity contribution in [2.75, 3.05) is 25.7 Å². The molecule has 1 saturated heterocycles. The third-order valence-corrected chi connectivity index (χ3v) is 7.13. The van der Waals surface area contributed by atoms with E-state index in [1.54, 1.807) is 67.8 Å². The van der Waals surface area contributed by atoms with Gasteiger partial charge < -0.3 is 19.1 Å². The van der Waals surface area contributed by atoms with Crippen molar-refractivity contribution in [3.05, 3.63) is 92.0 Å². The summed E-state index contributed by atoms with van der Waals surface area (Å²) in [5.74, 6) is 0.165. The zero-order valence-electron chi connectivity index (χ0n) is 20.2. The van der Waals surface area contributed by atoms with Crippen LogP contribution in [0.2, 0.25) is 10.0 Å². The summed E-state index contributed by atoms with van der Waals surface area (Å²) in [6.45, 7) is -0.0752. The van der Waals surface area contributed by atoms with Crippen LogP contribution in [0.1, 0.15) is 11.1 Å². The molecule has 1 aliphatic heterocycles. The second kappa shape index (κ2) is 12.2. The number of carbonyl (C=O) groups excluding carboxylic acids is 2. The summed E-state index contributed by atoms with van der Waals surface area (Å²) in [4.78, 5) is 28.7. The molecule has 7 nitrogen and oxygen atoms in total. The number of ether oxygens (including phenoxy) is 3. The first-order valence-electron chi connectivity index (χ1n) is 11.2. The van der Waals surface area contributed by atoms with Gasteiger partial charge in [-0.15, -0.1) is 0 Å². The molecule has 0 unspecified atom stereocenters. The van der Waals surface area contributed by atoms with Crippen LogP contribution in [0.25, 0.3) is 6.08 Å². The van der Waals surface area contributed by atoms with Crippen LogP contribution in [0.15, 0.2) is 70.8 Å². The molecular formula is C27H21BrCl2N2O5S. The first-order chi connectivity index (χ1) is 18.2. The number of anilines is 1. The van der Waals surface area contributed by atoms with E-state index >= 15 is 0 Å².